The lowest BCUT2D eigenvalue weighted by atomic mass is 9.87. The van der Waals surface area contributed by atoms with Gasteiger partial charge in [0.1, 0.15) is 0 Å². The maximum Gasteiger partial charge on any atom is 0 e. The van der Waals surface area contributed by atoms with Crippen LogP contribution in [0.4, 0.5) is 0 Å². The second kappa shape index (κ2) is 66.0. The molecule has 11 rings (SSSR count). The van der Waals surface area contributed by atoms with Gasteiger partial charge in [-0.1, -0.05) is 555 Å². The summed E-state index contributed by atoms with van der Waals surface area (Å²) in [4.78, 5) is 0. The number of rotatable bonds is 11. The molecule has 0 bridgehead atoms. The standard InChI is InChI=1S/C24H21P.C21H21P.C12H16.3C11H16.C8H8.3C3H8.C3H6.3HPS.H2/c1-4-19-7-13-22(14-8-19)25(23-15-9-20(5-2)10-16-23)24-17-11-21(6-3)12-18-24;1-16-4-10-19(11-5-16)22(20-12-6-17(2)7-13-20)21-14-8-18(3)9-15-21;1-5-10-6-8-11(9-7-10)12(2,3)4;3*1-9-5-7-10(8-6-9)11(2,3)4;1-2-8-6-4-3-5-7-8;4*1-3-2;3*1-2;/h4-18H,1-3H2;4-15H,1-3H3;5-9H,1H2,2-4H3;3*5-8H,1-4H3;2-7H,1H2;3*3H2,1-2H3;3H,1H2,2H3;3*1H;1H/i;;;;;;;;;;;;;;1+1. The van der Waals surface area contributed by atoms with Crippen LogP contribution in [-0.4, -0.2) is 0 Å². The van der Waals surface area contributed by atoms with Gasteiger partial charge >= 0.3 is 0 Å². The van der Waals surface area contributed by atoms with Gasteiger partial charge in [-0.05, 0) is 192 Å². The van der Waals surface area contributed by atoms with Crippen molar-refractivity contribution in [2.45, 2.75) is 214 Å². The van der Waals surface area contributed by atoms with Crippen molar-refractivity contribution in [3.63, 3.8) is 0 Å². The quantitative estimate of drug-likeness (QED) is 0.0936. The molecule has 0 aliphatic rings. The fourth-order valence-electron chi connectivity index (χ4n) is 10.1. The topological polar surface area (TPSA) is 0 Å². The van der Waals surface area contributed by atoms with Crippen molar-refractivity contribution in [3.05, 3.63) is 402 Å². The van der Waals surface area contributed by atoms with Gasteiger partial charge in [-0.15, -0.1) is 6.58 Å². The fraction of sp³-hybridized carbons (Fsp3) is 0.291. The van der Waals surface area contributed by atoms with Crippen LogP contribution in [0.25, 0.3) is 30.4 Å². The lowest BCUT2D eigenvalue weighted by molar-refractivity contribution is 0.590. The van der Waals surface area contributed by atoms with E-state index in [0.717, 1.165) is 16.7 Å². The molecule has 118 heavy (non-hydrogen) atoms. The Labute approximate surface area is 749 Å². The van der Waals surface area contributed by atoms with Gasteiger partial charge in [0.25, 0.3) is 0 Å². The molecule has 0 radical (unpaired) electrons. The molecule has 0 aromatic heterocycles. The van der Waals surface area contributed by atoms with E-state index < -0.39 is 15.8 Å². The Morgan fingerprint density at radius 3 is 0.492 bits per heavy atom. The summed E-state index contributed by atoms with van der Waals surface area (Å²) in [5.41, 5.74) is 20.4. The zero-order chi connectivity index (χ0) is 90.5. The smallest absolute Gasteiger partial charge is 0 e. The van der Waals surface area contributed by atoms with Crippen molar-refractivity contribution < 1.29 is 1.43 Å². The summed E-state index contributed by atoms with van der Waals surface area (Å²) in [5, 5.41) is 8.23. The molecule has 0 aliphatic heterocycles. The van der Waals surface area contributed by atoms with Crippen LogP contribution in [0.15, 0.2) is 319 Å². The Hall–Kier alpha value is -7.72. The molecule has 0 amide bonds. The number of hydrogen-bond donors (Lipinski definition) is 0. The highest BCUT2D eigenvalue weighted by molar-refractivity contribution is 7.89. The minimum Gasteiger partial charge on any atom is -0.103 e. The van der Waals surface area contributed by atoms with E-state index in [9.17, 15) is 0 Å². The first kappa shape index (κ1) is 114. The van der Waals surface area contributed by atoms with Crippen LogP contribution in [-0.2, 0) is 57.1 Å². The van der Waals surface area contributed by atoms with Gasteiger partial charge in [0, 0.05) is 1.43 Å². The maximum absolute atomic E-state index is 3.89. The third-order valence-corrected chi connectivity index (χ3v) is 21.7. The molecular weight excluding hydrogens is 1570 g/mol. The third kappa shape index (κ3) is 49.7. The van der Waals surface area contributed by atoms with Crippen LogP contribution >= 0.6 is 39.9 Å². The van der Waals surface area contributed by atoms with Gasteiger partial charge < -0.3 is 0 Å². The Bertz CT molecular complexity index is 4020. The van der Waals surface area contributed by atoms with Gasteiger partial charge in [-0.3, -0.25) is 0 Å². The Kier molecular flexibility index (Phi) is 64.0. The lowest BCUT2D eigenvalue weighted by Gasteiger charge is -2.20. The summed E-state index contributed by atoms with van der Waals surface area (Å²) < 4.78 is 0. The molecule has 632 valence electrons. The summed E-state index contributed by atoms with van der Waals surface area (Å²) in [5.74, 6) is 0. The van der Waals surface area contributed by atoms with Crippen LogP contribution in [0.1, 0.15) is 236 Å². The average Bonchev–Trinajstić information content (AvgIpc) is 0.807. The van der Waals surface area contributed by atoms with E-state index in [4.69, 9.17) is 0 Å². The molecule has 8 heteroatoms. The molecule has 11 aromatic rings. The van der Waals surface area contributed by atoms with E-state index in [1.165, 1.54) is 118 Å². The van der Waals surface area contributed by atoms with Gasteiger partial charge in [-0.2, -0.15) is 0 Å². The van der Waals surface area contributed by atoms with Crippen molar-refractivity contribution in [2.24, 2.45) is 0 Å². The molecule has 0 N–H and O–H groups in total. The van der Waals surface area contributed by atoms with Crippen molar-refractivity contribution in [3.8, 4) is 0 Å². The Balaban J connectivity index is -0.000000643. The van der Waals surface area contributed by atoms with Crippen molar-refractivity contribution in [1.29, 1.82) is 0 Å². The van der Waals surface area contributed by atoms with Crippen molar-refractivity contribution in [1.82, 2.24) is 0 Å². The summed E-state index contributed by atoms with van der Waals surface area (Å²) in [6.45, 7) is 76.4. The fourth-order valence-corrected chi connectivity index (χ4v) is 14.6. The maximum atomic E-state index is 3.89. The zero-order valence-electron chi connectivity index (χ0n) is 76.9. The van der Waals surface area contributed by atoms with E-state index in [2.05, 4.69) is 508 Å². The lowest BCUT2D eigenvalue weighted by Crippen LogP contribution is -2.20. The number of hydrogen-bond acceptors (Lipinski definition) is 3. The second-order valence-corrected chi connectivity index (χ2v) is 36.6. The van der Waals surface area contributed by atoms with E-state index in [1.54, 1.807) is 6.08 Å². The monoisotopic (exact) mass is 1720 g/mol. The van der Waals surface area contributed by atoms with E-state index in [-0.39, 0.29) is 23.1 Å². The van der Waals surface area contributed by atoms with Gasteiger partial charge in [0.2, 0.25) is 0 Å². The minimum absolute atomic E-state index is 0. The molecule has 0 atom stereocenters. The SMILES string of the molecule is C=CC.C=Cc1ccc(C(C)(C)C)cc1.C=Cc1ccc(P(c2ccc(C=C)cc2)c2ccc(C=C)cc2)cc1.C=Cc1ccccc1.CCC.CCC.CCC.Cc1ccc(C(C)(C)C)cc1.Cc1ccc(C(C)(C)C)cc1.Cc1ccc(C(C)(C)C)cc1.Cc1ccc(P(c2ccc(C)cc2)c2ccc(C)cc2)cc1.P=S.P=S.P=S.[2HH]. The largest absolute Gasteiger partial charge is 0.103 e. The second-order valence-electron chi connectivity index (χ2n) is 32.1. The molecule has 0 unspecified atom stereocenters. The van der Waals surface area contributed by atoms with Crippen LogP contribution in [0.3, 0.4) is 0 Å². The first-order chi connectivity index (χ1) is 56.0. The normalized spacial score (nSPS) is 9.89. The van der Waals surface area contributed by atoms with Gasteiger partial charge in [-0.25, -0.2) is 0 Å². The highest BCUT2D eigenvalue weighted by atomic mass is 32.4. The molecule has 11 aromatic carbocycles. The Morgan fingerprint density at radius 2 is 0.356 bits per heavy atom. The summed E-state index contributed by atoms with van der Waals surface area (Å²) in [7, 11) is 6.58. The van der Waals surface area contributed by atoms with Gasteiger partial charge in [0.15, 0.2) is 0 Å². The molecule has 0 nitrogen and oxygen atoms in total. The molecule has 0 saturated carbocycles. The van der Waals surface area contributed by atoms with Crippen molar-refractivity contribution >= 4 is 138 Å². The predicted molar refractivity (Wildman–Crippen MR) is 569 cm³/mol. The van der Waals surface area contributed by atoms with Crippen LogP contribution in [0.5, 0.6) is 0 Å². The molecule has 0 saturated heterocycles. The predicted octanol–water partition coefficient (Wildman–Crippen LogP) is 33.0. The molecule has 0 fully saturated rings. The Morgan fingerprint density at radius 1 is 0.237 bits per heavy atom. The minimum atomic E-state index is -0.601. The molecule has 0 heterocycles. The third-order valence-electron chi connectivity index (χ3n) is 16.8. The number of benzene rings is 11. The van der Waals surface area contributed by atoms with Gasteiger partial charge in [0.05, 0.1) is 0 Å². The summed E-state index contributed by atoms with van der Waals surface area (Å²) in [6.07, 6.45) is 14.8. The van der Waals surface area contributed by atoms with Crippen LogP contribution < -0.4 is 31.8 Å². The van der Waals surface area contributed by atoms with Crippen molar-refractivity contribution in [2.75, 3.05) is 0 Å². The van der Waals surface area contributed by atoms with E-state index in [0.29, 0.717) is 0 Å². The summed E-state index contributed by atoms with van der Waals surface area (Å²) >= 11 is 11.7. The number of allylic oxidation sites excluding steroid dienone is 1. The van der Waals surface area contributed by atoms with E-state index in [1.807, 2.05) is 67.6 Å². The molecular formula is C110H149P5S3. The van der Waals surface area contributed by atoms with Crippen LogP contribution in [0.2, 0.25) is 0 Å². The highest BCUT2D eigenvalue weighted by Gasteiger charge is 2.19. The first-order valence-electron chi connectivity index (χ1n) is 40.8. The first-order valence-corrected chi connectivity index (χ1v) is 48.4. The summed E-state index contributed by atoms with van der Waals surface area (Å²) in [6, 6.07) is 97.8. The highest BCUT2D eigenvalue weighted by Crippen LogP contribution is 2.35. The molecule has 0 spiro atoms. The van der Waals surface area contributed by atoms with Crippen LogP contribution in [0, 0.1) is 41.5 Å². The number of aryl methyl sites for hydroxylation is 6. The average molecular weight is 1720 g/mol. The zero-order valence-corrected chi connectivity index (χ0v) is 84.2. The van der Waals surface area contributed by atoms with E-state index >= 15 is 0 Å². The molecule has 0 aliphatic carbocycles.